The number of carboxylic acids is 1. The summed E-state index contributed by atoms with van der Waals surface area (Å²) in [4.78, 5) is 13.0. The third-order valence-corrected chi connectivity index (χ3v) is 3.87. The number of ether oxygens (including phenoxy) is 1. The second-order valence-electron chi connectivity index (χ2n) is 5.34. The van der Waals surface area contributed by atoms with Crippen LogP contribution in [0.15, 0.2) is 0 Å². The van der Waals surface area contributed by atoms with Crippen molar-refractivity contribution < 1.29 is 14.6 Å². The molecule has 2 aliphatic rings. The summed E-state index contributed by atoms with van der Waals surface area (Å²) in [7, 11) is 0. The van der Waals surface area contributed by atoms with E-state index < -0.39 is 5.97 Å². The van der Waals surface area contributed by atoms with Crippen molar-refractivity contribution in [2.24, 2.45) is 5.92 Å². The summed E-state index contributed by atoms with van der Waals surface area (Å²) in [5.41, 5.74) is 0. The standard InChI is InChI=1S/C13H23NO3/c15-13(16)5-4-11-6-7-14(9-11)10-12-3-1-2-8-17-12/h11-12H,1-10H2,(H,15,16). The van der Waals surface area contributed by atoms with E-state index in [9.17, 15) is 4.79 Å². The van der Waals surface area contributed by atoms with Crippen LogP contribution in [0.25, 0.3) is 0 Å². The number of likely N-dealkylation sites (tertiary alicyclic amines) is 1. The first-order valence-corrected chi connectivity index (χ1v) is 6.80. The van der Waals surface area contributed by atoms with E-state index in [0.717, 1.165) is 39.1 Å². The van der Waals surface area contributed by atoms with Gasteiger partial charge in [-0.15, -0.1) is 0 Å². The fraction of sp³-hybridized carbons (Fsp3) is 0.923. The normalized spacial score (nSPS) is 30.6. The molecular formula is C13H23NO3. The minimum Gasteiger partial charge on any atom is -0.481 e. The molecule has 4 nitrogen and oxygen atoms in total. The van der Waals surface area contributed by atoms with Crippen LogP contribution in [0, 0.1) is 5.92 Å². The van der Waals surface area contributed by atoms with E-state index in [0.29, 0.717) is 18.4 Å². The highest BCUT2D eigenvalue weighted by molar-refractivity contribution is 5.66. The molecule has 2 unspecified atom stereocenters. The molecule has 0 aliphatic carbocycles. The van der Waals surface area contributed by atoms with Crippen molar-refractivity contribution in [1.82, 2.24) is 4.90 Å². The molecule has 2 aliphatic heterocycles. The second kappa shape index (κ2) is 6.36. The molecule has 2 rings (SSSR count). The first kappa shape index (κ1) is 12.8. The Morgan fingerprint density at radius 2 is 2.24 bits per heavy atom. The molecule has 2 heterocycles. The molecule has 0 saturated carbocycles. The highest BCUT2D eigenvalue weighted by Gasteiger charge is 2.25. The summed E-state index contributed by atoms with van der Waals surface area (Å²) < 4.78 is 5.74. The monoisotopic (exact) mass is 241 g/mol. The predicted octanol–water partition coefficient (Wildman–Crippen LogP) is 1.74. The van der Waals surface area contributed by atoms with Gasteiger partial charge in [0.25, 0.3) is 0 Å². The van der Waals surface area contributed by atoms with Crippen LogP contribution in [0.3, 0.4) is 0 Å². The van der Waals surface area contributed by atoms with Gasteiger partial charge in [0.2, 0.25) is 0 Å². The minimum atomic E-state index is -0.668. The van der Waals surface area contributed by atoms with Gasteiger partial charge < -0.3 is 14.7 Å². The number of carboxylic acid groups (broad SMARTS) is 1. The Kier molecular flexibility index (Phi) is 4.80. The smallest absolute Gasteiger partial charge is 0.303 e. The average molecular weight is 241 g/mol. The van der Waals surface area contributed by atoms with Gasteiger partial charge >= 0.3 is 5.97 Å². The second-order valence-corrected chi connectivity index (χ2v) is 5.34. The Morgan fingerprint density at radius 1 is 1.35 bits per heavy atom. The van der Waals surface area contributed by atoms with Gasteiger partial charge in [-0.3, -0.25) is 4.79 Å². The van der Waals surface area contributed by atoms with Crippen molar-refractivity contribution in [1.29, 1.82) is 0 Å². The lowest BCUT2D eigenvalue weighted by atomic mass is 10.0. The number of carbonyl (C=O) groups is 1. The molecule has 98 valence electrons. The maximum Gasteiger partial charge on any atom is 0.303 e. The van der Waals surface area contributed by atoms with Crippen LogP contribution >= 0.6 is 0 Å². The van der Waals surface area contributed by atoms with Gasteiger partial charge in [-0.05, 0) is 44.6 Å². The van der Waals surface area contributed by atoms with Gasteiger partial charge in [0.1, 0.15) is 0 Å². The molecule has 0 spiro atoms. The molecule has 0 aromatic rings. The van der Waals surface area contributed by atoms with Gasteiger partial charge in [0.05, 0.1) is 6.10 Å². The van der Waals surface area contributed by atoms with Crippen molar-refractivity contribution in [3.05, 3.63) is 0 Å². The van der Waals surface area contributed by atoms with E-state index in [1.807, 2.05) is 0 Å². The molecule has 0 bridgehead atoms. The fourth-order valence-electron chi connectivity index (χ4n) is 2.88. The SMILES string of the molecule is O=C(O)CCC1CCN(CC2CCCCO2)C1. The lowest BCUT2D eigenvalue weighted by Gasteiger charge is -2.27. The number of hydrogen-bond donors (Lipinski definition) is 1. The van der Waals surface area contributed by atoms with Crippen LogP contribution in [0.1, 0.15) is 38.5 Å². The Balaban J connectivity index is 1.64. The topological polar surface area (TPSA) is 49.8 Å². The van der Waals surface area contributed by atoms with Crippen LogP contribution in [0.5, 0.6) is 0 Å². The highest BCUT2D eigenvalue weighted by Crippen LogP contribution is 2.23. The Bertz CT molecular complexity index is 251. The summed E-state index contributed by atoms with van der Waals surface area (Å²) in [5.74, 6) is -0.0891. The third kappa shape index (κ3) is 4.28. The molecule has 2 atom stereocenters. The minimum absolute atomic E-state index is 0.318. The summed E-state index contributed by atoms with van der Waals surface area (Å²) in [6.45, 7) is 4.14. The molecule has 0 radical (unpaired) electrons. The van der Waals surface area contributed by atoms with E-state index in [-0.39, 0.29) is 0 Å². The van der Waals surface area contributed by atoms with E-state index in [2.05, 4.69) is 4.90 Å². The Hall–Kier alpha value is -0.610. The molecule has 0 aromatic carbocycles. The molecular weight excluding hydrogens is 218 g/mol. The van der Waals surface area contributed by atoms with Crippen LogP contribution in [-0.4, -0.2) is 48.3 Å². The van der Waals surface area contributed by atoms with Crippen molar-refractivity contribution in [2.75, 3.05) is 26.2 Å². The molecule has 0 aromatic heterocycles. The van der Waals surface area contributed by atoms with E-state index >= 15 is 0 Å². The van der Waals surface area contributed by atoms with Crippen molar-refractivity contribution >= 4 is 5.97 Å². The van der Waals surface area contributed by atoms with Crippen molar-refractivity contribution in [2.45, 2.75) is 44.6 Å². The maximum absolute atomic E-state index is 10.5. The van der Waals surface area contributed by atoms with Gasteiger partial charge in [0, 0.05) is 26.1 Å². The first-order chi connectivity index (χ1) is 8.24. The Labute approximate surface area is 103 Å². The number of nitrogens with zero attached hydrogens (tertiary/aromatic N) is 1. The molecule has 1 N–H and O–H groups in total. The summed E-state index contributed by atoms with van der Waals surface area (Å²) in [6, 6.07) is 0. The van der Waals surface area contributed by atoms with Gasteiger partial charge in [0.15, 0.2) is 0 Å². The Morgan fingerprint density at radius 3 is 2.94 bits per heavy atom. The third-order valence-electron chi connectivity index (χ3n) is 3.87. The summed E-state index contributed by atoms with van der Waals surface area (Å²) >= 11 is 0. The van der Waals surface area contributed by atoms with Crippen LogP contribution in [0.2, 0.25) is 0 Å². The van der Waals surface area contributed by atoms with Gasteiger partial charge in [-0.2, -0.15) is 0 Å². The lowest BCUT2D eigenvalue weighted by molar-refractivity contribution is -0.137. The average Bonchev–Trinajstić information content (AvgIpc) is 2.75. The first-order valence-electron chi connectivity index (χ1n) is 6.80. The zero-order valence-electron chi connectivity index (χ0n) is 10.4. The number of hydrogen-bond acceptors (Lipinski definition) is 3. The van der Waals surface area contributed by atoms with Gasteiger partial charge in [-0.1, -0.05) is 0 Å². The molecule has 0 amide bonds. The molecule has 2 saturated heterocycles. The highest BCUT2D eigenvalue weighted by atomic mass is 16.5. The zero-order valence-corrected chi connectivity index (χ0v) is 10.4. The van der Waals surface area contributed by atoms with Gasteiger partial charge in [-0.25, -0.2) is 0 Å². The van der Waals surface area contributed by atoms with E-state index in [4.69, 9.17) is 9.84 Å². The molecule has 17 heavy (non-hydrogen) atoms. The van der Waals surface area contributed by atoms with Crippen LogP contribution < -0.4 is 0 Å². The summed E-state index contributed by atoms with van der Waals surface area (Å²) in [5, 5.41) is 8.67. The number of rotatable bonds is 5. The molecule has 2 fully saturated rings. The van der Waals surface area contributed by atoms with Crippen LogP contribution in [-0.2, 0) is 9.53 Å². The zero-order chi connectivity index (χ0) is 12.1. The predicted molar refractivity (Wildman–Crippen MR) is 65.0 cm³/mol. The fourth-order valence-corrected chi connectivity index (χ4v) is 2.88. The van der Waals surface area contributed by atoms with Crippen molar-refractivity contribution in [3.8, 4) is 0 Å². The van der Waals surface area contributed by atoms with Crippen LogP contribution in [0.4, 0.5) is 0 Å². The molecule has 4 heteroatoms. The largest absolute Gasteiger partial charge is 0.481 e. The number of aliphatic carboxylic acids is 1. The quantitative estimate of drug-likeness (QED) is 0.796. The van der Waals surface area contributed by atoms with E-state index in [1.54, 1.807) is 0 Å². The van der Waals surface area contributed by atoms with E-state index in [1.165, 1.54) is 19.3 Å². The summed E-state index contributed by atoms with van der Waals surface area (Å²) in [6.07, 6.45) is 6.41. The maximum atomic E-state index is 10.5. The van der Waals surface area contributed by atoms with Crippen molar-refractivity contribution in [3.63, 3.8) is 0 Å². The lowest BCUT2D eigenvalue weighted by Crippen LogP contribution is -2.34.